The summed E-state index contributed by atoms with van der Waals surface area (Å²) in [5.74, 6) is 0.398. The Labute approximate surface area is 197 Å². The molecule has 2 aliphatic heterocycles. The molecule has 0 N–H and O–H groups in total. The summed E-state index contributed by atoms with van der Waals surface area (Å²) in [5, 5.41) is 12.1. The lowest BCUT2D eigenvalue weighted by molar-refractivity contribution is -0.383. The molecule has 0 unspecified atom stereocenters. The molecular weight excluding hydrogens is 435 g/mol. The van der Waals surface area contributed by atoms with Crippen molar-refractivity contribution in [1.29, 1.82) is 0 Å². The molecule has 0 spiro atoms. The molecule has 0 atom stereocenters. The summed E-state index contributed by atoms with van der Waals surface area (Å²) in [7, 11) is 0. The Kier molecular flexibility index (Phi) is 6.07. The van der Waals surface area contributed by atoms with Crippen molar-refractivity contribution in [2.24, 2.45) is 0 Å². The minimum atomic E-state index is -0.385. The minimum absolute atomic E-state index is 0.0709. The summed E-state index contributed by atoms with van der Waals surface area (Å²) < 4.78 is 14.2. The van der Waals surface area contributed by atoms with Gasteiger partial charge < -0.3 is 14.7 Å². The predicted molar refractivity (Wildman–Crippen MR) is 131 cm³/mol. The molecule has 0 aliphatic carbocycles. The van der Waals surface area contributed by atoms with E-state index in [1.165, 1.54) is 23.5 Å². The molecule has 0 saturated carbocycles. The molecular formula is C25H25FN6O2. The van der Waals surface area contributed by atoms with Gasteiger partial charge in [0.25, 0.3) is 0 Å². The zero-order valence-electron chi connectivity index (χ0n) is 18.7. The van der Waals surface area contributed by atoms with E-state index in [4.69, 9.17) is 0 Å². The van der Waals surface area contributed by atoms with Gasteiger partial charge in [0.2, 0.25) is 11.6 Å². The maximum absolute atomic E-state index is 14.2. The van der Waals surface area contributed by atoms with E-state index in [9.17, 15) is 14.5 Å². The zero-order valence-corrected chi connectivity index (χ0v) is 18.7. The summed E-state index contributed by atoms with van der Waals surface area (Å²) in [6.45, 7) is 3.28. The fraction of sp³-hybridized carbons (Fsp3) is 0.280. The first kappa shape index (κ1) is 21.8. The average Bonchev–Trinajstić information content (AvgIpc) is 2.89. The Balaban J connectivity index is 1.36. The number of hydrogen-bond acceptors (Lipinski definition) is 7. The third-order valence-corrected chi connectivity index (χ3v) is 6.39. The van der Waals surface area contributed by atoms with E-state index >= 15 is 0 Å². The zero-order chi connectivity index (χ0) is 23.5. The van der Waals surface area contributed by atoms with Gasteiger partial charge in [-0.15, -0.1) is 0 Å². The molecule has 1 saturated heterocycles. The van der Waals surface area contributed by atoms with Crippen molar-refractivity contribution < 1.29 is 9.31 Å². The first-order chi connectivity index (χ1) is 16.6. The van der Waals surface area contributed by atoms with Crippen LogP contribution in [0.2, 0.25) is 0 Å². The quantitative estimate of drug-likeness (QED) is 0.418. The van der Waals surface area contributed by atoms with E-state index in [0.717, 1.165) is 6.42 Å². The van der Waals surface area contributed by atoms with Gasteiger partial charge in [-0.1, -0.05) is 48.5 Å². The molecule has 8 nitrogen and oxygen atoms in total. The Bertz CT molecular complexity index is 1210. The van der Waals surface area contributed by atoms with E-state index in [0.29, 0.717) is 56.6 Å². The summed E-state index contributed by atoms with van der Waals surface area (Å²) in [6, 6.07) is 16.8. The highest BCUT2D eigenvalue weighted by Crippen LogP contribution is 2.36. The second-order valence-corrected chi connectivity index (χ2v) is 8.34. The van der Waals surface area contributed by atoms with Crippen LogP contribution >= 0.6 is 0 Å². The maximum atomic E-state index is 14.2. The number of nitrogens with zero attached hydrogens (tertiary/aromatic N) is 6. The van der Waals surface area contributed by atoms with E-state index in [-0.39, 0.29) is 16.4 Å². The molecule has 2 aromatic carbocycles. The minimum Gasteiger partial charge on any atom is -0.366 e. The largest absolute Gasteiger partial charge is 0.366 e. The number of piperazine rings is 1. The summed E-state index contributed by atoms with van der Waals surface area (Å²) in [5.41, 5.74) is 2.89. The van der Waals surface area contributed by atoms with Crippen molar-refractivity contribution in [3.63, 3.8) is 0 Å². The van der Waals surface area contributed by atoms with E-state index in [1.54, 1.807) is 12.1 Å². The highest BCUT2D eigenvalue weighted by molar-refractivity contribution is 5.74. The molecule has 34 heavy (non-hydrogen) atoms. The Morgan fingerprint density at radius 2 is 1.47 bits per heavy atom. The average molecular weight is 461 g/mol. The number of para-hydroxylation sites is 1. The normalized spacial score (nSPS) is 16.4. The third-order valence-electron chi connectivity index (χ3n) is 6.39. The fourth-order valence-corrected chi connectivity index (χ4v) is 4.63. The van der Waals surface area contributed by atoms with E-state index in [1.807, 2.05) is 39.0 Å². The van der Waals surface area contributed by atoms with Gasteiger partial charge >= 0.3 is 5.69 Å². The molecule has 2 aliphatic rings. The SMILES string of the molecule is O=[N+]([O-])c1c(N2CC=C(c3ccccc3)CC2)ncnc1N1CCN(c2ccccc2F)CC1. The highest BCUT2D eigenvalue weighted by atomic mass is 19.1. The van der Waals surface area contributed by atoms with E-state index in [2.05, 4.69) is 28.2 Å². The van der Waals surface area contributed by atoms with Crippen molar-refractivity contribution in [2.75, 3.05) is 54.0 Å². The molecule has 9 heteroatoms. The Morgan fingerprint density at radius 1 is 0.824 bits per heavy atom. The second kappa shape index (κ2) is 9.46. The molecule has 1 aromatic heterocycles. The number of aromatic nitrogens is 2. The van der Waals surface area contributed by atoms with Gasteiger partial charge in [-0.3, -0.25) is 10.1 Å². The van der Waals surface area contributed by atoms with Crippen LogP contribution in [0.3, 0.4) is 0 Å². The number of anilines is 3. The summed E-state index contributed by atoms with van der Waals surface area (Å²) in [6.07, 6.45) is 4.29. The summed E-state index contributed by atoms with van der Waals surface area (Å²) >= 11 is 0. The van der Waals surface area contributed by atoms with Gasteiger partial charge in [-0.05, 0) is 29.7 Å². The number of benzene rings is 2. The highest BCUT2D eigenvalue weighted by Gasteiger charge is 2.32. The molecule has 0 radical (unpaired) electrons. The molecule has 5 rings (SSSR count). The lowest BCUT2D eigenvalue weighted by Crippen LogP contribution is -2.47. The smallest absolute Gasteiger partial charge is 0.353 e. The lowest BCUT2D eigenvalue weighted by atomic mass is 9.99. The van der Waals surface area contributed by atoms with Gasteiger partial charge in [0, 0.05) is 39.3 Å². The second-order valence-electron chi connectivity index (χ2n) is 8.34. The van der Waals surface area contributed by atoms with Gasteiger partial charge in [0.05, 0.1) is 10.6 Å². The van der Waals surface area contributed by atoms with Crippen molar-refractivity contribution in [3.05, 3.63) is 88.5 Å². The van der Waals surface area contributed by atoms with E-state index < -0.39 is 0 Å². The third kappa shape index (κ3) is 4.28. The number of hydrogen-bond donors (Lipinski definition) is 0. The van der Waals surface area contributed by atoms with Gasteiger partial charge in [-0.25, -0.2) is 14.4 Å². The molecule has 1 fully saturated rings. The van der Waals surface area contributed by atoms with Gasteiger partial charge in [-0.2, -0.15) is 0 Å². The first-order valence-corrected chi connectivity index (χ1v) is 11.3. The first-order valence-electron chi connectivity index (χ1n) is 11.3. The molecule has 0 amide bonds. The van der Waals surface area contributed by atoms with Crippen molar-refractivity contribution in [2.45, 2.75) is 6.42 Å². The van der Waals surface area contributed by atoms with Gasteiger partial charge in [0.1, 0.15) is 12.1 Å². The van der Waals surface area contributed by atoms with Crippen LogP contribution in [0.15, 0.2) is 67.0 Å². The Hall–Kier alpha value is -4.01. The topological polar surface area (TPSA) is 78.6 Å². The standard InChI is InChI=1S/C25H25FN6O2/c26-21-8-4-5-9-22(21)29-14-16-31(17-15-29)25-23(32(33)34)24(27-18-28-25)30-12-10-20(11-13-30)19-6-2-1-3-7-19/h1-10,18H,11-17H2. The van der Waals surface area contributed by atoms with Crippen LogP contribution in [0, 0.1) is 15.9 Å². The lowest BCUT2D eigenvalue weighted by Gasteiger charge is -2.36. The number of rotatable bonds is 5. The number of nitro groups is 1. The fourth-order valence-electron chi connectivity index (χ4n) is 4.63. The monoisotopic (exact) mass is 460 g/mol. The van der Waals surface area contributed by atoms with Crippen LogP contribution < -0.4 is 14.7 Å². The van der Waals surface area contributed by atoms with Crippen LogP contribution in [0.1, 0.15) is 12.0 Å². The predicted octanol–water partition coefficient (Wildman–Crippen LogP) is 4.14. The molecule has 3 heterocycles. The van der Waals surface area contributed by atoms with Crippen LogP contribution in [-0.4, -0.2) is 54.2 Å². The van der Waals surface area contributed by atoms with Crippen molar-refractivity contribution in [3.8, 4) is 0 Å². The molecule has 0 bridgehead atoms. The van der Waals surface area contributed by atoms with Crippen LogP contribution in [0.4, 0.5) is 27.4 Å². The number of halogens is 1. The van der Waals surface area contributed by atoms with Crippen LogP contribution in [-0.2, 0) is 0 Å². The van der Waals surface area contributed by atoms with Crippen LogP contribution in [0.5, 0.6) is 0 Å². The van der Waals surface area contributed by atoms with Gasteiger partial charge in [0.15, 0.2) is 0 Å². The van der Waals surface area contributed by atoms with Crippen molar-refractivity contribution >= 4 is 28.6 Å². The van der Waals surface area contributed by atoms with Crippen molar-refractivity contribution in [1.82, 2.24) is 9.97 Å². The molecule has 174 valence electrons. The van der Waals surface area contributed by atoms with Crippen LogP contribution in [0.25, 0.3) is 5.57 Å². The maximum Gasteiger partial charge on any atom is 0.353 e. The molecule has 3 aromatic rings. The Morgan fingerprint density at radius 3 is 2.12 bits per heavy atom. The summed E-state index contributed by atoms with van der Waals surface area (Å²) in [4.78, 5) is 26.2.